The molecule has 0 unspecified atom stereocenters. The van der Waals surface area contributed by atoms with Crippen molar-refractivity contribution in [2.75, 3.05) is 14.2 Å². The molecule has 1 heterocycles. The number of aryl methyl sites for hydroxylation is 1. The van der Waals surface area contributed by atoms with Gasteiger partial charge in [-0.15, -0.1) is 11.3 Å². The lowest BCUT2D eigenvalue weighted by Gasteiger charge is -2.18. The number of fused-ring (bicyclic) bond motifs is 1. The lowest BCUT2D eigenvalue weighted by Crippen LogP contribution is -2.18. The van der Waals surface area contributed by atoms with Crippen LogP contribution in [0.4, 0.5) is 0 Å². The summed E-state index contributed by atoms with van der Waals surface area (Å²) in [6.07, 6.45) is 3.23. The van der Waals surface area contributed by atoms with Crippen molar-refractivity contribution in [2.45, 2.75) is 19.3 Å². The van der Waals surface area contributed by atoms with E-state index in [0.717, 1.165) is 46.8 Å². The van der Waals surface area contributed by atoms with Gasteiger partial charge in [-0.2, -0.15) is 5.10 Å². The first-order valence-electron chi connectivity index (χ1n) is 8.74. The summed E-state index contributed by atoms with van der Waals surface area (Å²) in [4.78, 5) is 5.30. The van der Waals surface area contributed by atoms with Crippen LogP contribution in [0.5, 0.6) is 5.75 Å². The first-order chi connectivity index (χ1) is 12.8. The van der Waals surface area contributed by atoms with E-state index in [-0.39, 0.29) is 0 Å². The third kappa shape index (κ3) is 2.99. The minimum Gasteiger partial charge on any atom is -0.496 e. The third-order valence-corrected chi connectivity index (χ3v) is 5.58. The maximum absolute atomic E-state index is 5.56. The van der Waals surface area contributed by atoms with Gasteiger partial charge in [0, 0.05) is 23.6 Å². The van der Waals surface area contributed by atoms with Crippen molar-refractivity contribution in [3.63, 3.8) is 0 Å². The monoisotopic (exact) mass is 363 g/mol. The molecular formula is C21H21N3OS. The highest BCUT2D eigenvalue weighted by atomic mass is 32.1. The summed E-state index contributed by atoms with van der Waals surface area (Å²) >= 11 is 1.59. The highest BCUT2D eigenvalue weighted by Crippen LogP contribution is 2.30. The van der Waals surface area contributed by atoms with E-state index in [0.29, 0.717) is 0 Å². The molecule has 4 rings (SSSR count). The van der Waals surface area contributed by atoms with Crippen molar-refractivity contribution in [3.8, 4) is 17.0 Å². The molecule has 0 N–H and O–H groups in total. The molecule has 0 bridgehead atoms. The summed E-state index contributed by atoms with van der Waals surface area (Å²) in [5.41, 5.74) is 5.78. The second kappa shape index (κ2) is 7.30. The van der Waals surface area contributed by atoms with Crippen LogP contribution >= 0.6 is 11.3 Å². The van der Waals surface area contributed by atoms with E-state index in [1.807, 2.05) is 29.9 Å². The molecule has 0 aliphatic heterocycles. The fourth-order valence-electron chi connectivity index (χ4n) is 3.41. The second-order valence-corrected chi connectivity index (χ2v) is 7.03. The largest absolute Gasteiger partial charge is 0.496 e. The van der Waals surface area contributed by atoms with Gasteiger partial charge >= 0.3 is 0 Å². The van der Waals surface area contributed by atoms with Gasteiger partial charge in [0.15, 0.2) is 0 Å². The third-order valence-electron chi connectivity index (χ3n) is 4.67. The molecule has 3 aromatic rings. The molecule has 0 radical (unpaired) electrons. The predicted octanol–water partition coefficient (Wildman–Crippen LogP) is 4.34. The van der Waals surface area contributed by atoms with E-state index in [2.05, 4.69) is 40.7 Å². The molecule has 0 saturated heterocycles. The molecule has 0 saturated carbocycles. The van der Waals surface area contributed by atoms with Gasteiger partial charge in [0.25, 0.3) is 0 Å². The molecule has 26 heavy (non-hydrogen) atoms. The Morgan fingerprint density at radius 2 is 1.77 bits per heavy atom. The van der Waals surface area contributed by atoms with Crippen LogP contribution in [0.2, 0.25) is 0 Å². The Hall–Kier alpha value is -2.66. The Labute approximate surface area is 157 Å². The van der Waals surface area contributed by atoms with E-state index in [1.165, 1.54) is 11.1 Å². The number of thiazole rings is 1. The van der Waals surface area contributed by atoms with E-state index in [4.69, 9.17) is 9.84 Å². The highest BCUT2D eigenvalue weighted by Gasteiger charge is 2.17. The predicted molar refractivity (Wildman–Crippen MR) is 107 cm³/mol. The van der Waals surface area contributed by atoms with Crippen molar-refractivity contribution < 1.29 is 4.74 Å². The summed E-state index contributed by atoms with van der Waals surface area (Å²) in [5.74, 6) is 0.839. The summed E-state index contributed by atoms with van der Waals surface area (Å²) in [6.45, 7) is 0. The van der Waals surface area contributed by atoms with Crippen molar-refractivity contribution in [1.82, 2.24) is 4.68 Å². The van der Waals surface area contributed by atoms with Crippen molar-refractivity contribution in [1.29, 1.82) is 0 Å². The van der Waals surface area contributed by atoms with Gasteiger partial charge < -0.3 is 4.74 Å². The van der Waals surface area contributed by atoms with E-state index in [1.54, 1.807) is 18.4 Å². The normalized spacial score (nSPS) is 15.9. The highest BCUT2D eigenvalue weighted by molar-refractivity contribution is 7.07. The fourth-order valence-corrected chi connectivity index (χ4v) is 4.20. The number of aromatic nitrogens is 1. The molecule has 1 aliphatic carbocycles. The van der Waals surface area contributed by atoms with Crippen LogP contribution < -0.4 is 9.54 Å². The van der Waals surface area contributed by atoms with Crippen LogP contribution in [0, 0.1) is 0 Å². The lowest BCUT2D eigenvalue weighted by atomic mass is 9.90. The van der Waals surface area contributed by atoms with Crippen LogP contribution in [-0.4, -0.2) is 24.5 Å². The van der Waals surface area contributed by atoms with E-state index in [9.17, 15) is 0 Å². The smallest absolute Gasteiger partial charge is 0.205 e. The molecule has 1 aromatic heterocycles. The van der Waals surface area contributed by atoms with Crippen LogP contribution in [0.25, 0.3) is 11.3 Å². The minimum absolute atomic E-state index is 0.839. The Morgan fingerprint density at radius 3 is 2.58 bits per heavy atom. The summed E-state index contributed by atoms with van der Waals surface area (Å²) in [7, 11) is 3.51. The Kier molecular flexibility index (Phi) is 4.71. The molecular weight excluding hydrogens is 342 g/mol. The average Bonchev–Trinajstić information content (AvgIpc) is 3.10. The molecule has 5 heteroatoms. The van der Waals surface area contributed by atoms with Crippen molar-refractivity contribution in [2.24, 2.45) is 10.1 Å². The van der Waals surface area contributed by atoms with Gasteiger partial charge in [-0.05, 0) is 37.0 Å². The second-order valence-electron chi connectivity index (χ2n) is 6.20. The number of benzene rings is 2. The minimum atomic E-state index is 0.839. The van der Waals surface area contributed by atoms with Crippen LogP contribution in [0.3, 0.4) is 0 Å². The molecule has 132 valence electrons. The standard InChI is InChI=1S/C21H21N3OS/c1-22-21-24(19(14-26-21)17-11-5-6-13-20(17)25-2)23-18-12-7-9-15-8-3-4-10-16(15)18/h3-6,8,10-11,13-14H,7,9,12H2,1-2H3. The first-order valence-corrected chi connectivity index (χ1v) is 9.62. The quantitative estimate of drug-likeness (QED) is 0.682. The molecule has 1 aliphatic rings. The van der Waals surface area contributed by atoms with Gasteiger partial charge in [-0.25, -0.2) is 4.68 Å². The lowest BCUT2D eigenvalue weighted by molar-refractivity contribution is 0.416. The van der Waals surface area contributed by atoms with Crippen LogP contribution in [0.15, 0.2) is 64.0 Å². The topological polar surface area (TPSA) is 38.9 Å². The van der Waals surface area contributed by atoms with Gasteiger partial charge in [0.1, 0.15) is 5.75 Å². The molecule has 0 spiro atoms. The van der Waals surface area contributed by atoms with Gasteiger partial charge in [-0.1, -0.05) is 36.4 Å². The number of rotatable bonds is 3. The van der Waals surface area contributed by atoms with Crippen molar-refractivity contribution in [3.05, 3.63) is 69.8 Å². The van der Waals surface area contributed by atoms with E-state index >= 15 is 0 Å². The molecule has 4 nitrogen and oxygen atoms in total. The Bertz CT molecular complexity index is 1030. The SMILES string of the molecule is CN=c1scc(-c2ccccc2OC)n1N=C1CCCc2ccccc21. The van der Waals surface area contributed by atoms with Crippen LogP contribution in [-0.2, 0) is 6.42 Å². The van der Waals surface area contributed by atoms with Gasteiger partial charge in [0.2, 0.25) is 4.80 Å². The van der Waals surface area contributed by atoms with E-state index < -0.39 is 0 Å². The zero-order valence-electron chi connectivity index (χ0n) is 15.0. The molecule has 2 aromatic carbocycles. The first kappa shape index (κ1) is 16.8. The summed E-state index contributed by atoms with van der Waals surface area (Å²) < 4.78 is 7.51. The van der Waals surface area contributed by atoms with Gasteiger partial charge in [0.05, 0.1) is 18.5 Å². The van der Waals surface area contributed by atoms with Crippen molar-refractivity contribution >= 4 is 17.0 Å². The molecule has 0 amide bonds. The number of methoxy groups -OCH3 is 1. The number of nitrogens with zero attached hydrogens (tertiary/aromatic N) is 3. The zero-order chi connectivity index (χ0) is 17.9. The van der Waals surface area contributed by atoms with Gasteiger partial charge in [-0.3, -0.25) is 4.99 Å². The maximum atomic E-state index is 5.56. The zero-order valence-corrected chi connectivity index (χ0v) is 15.8. The summed E-state index contributed by atoms with van der Waals surface area (Å²) in [5, 5.41) is 7.13. The Balaban J connectivity index is 1.90. The maximum Gasteiger partial charge on any atom is 0.205 e. The molecule has 0 fully saturated rings. The Morgan fingerprint density at radius 1 is 1.00 bits per heavy atom. The fraction of sp³-hybridized carbons (Fsp3) is 0.238. The average molecular weight is 363 g/mol. The number of ether oxygens (including phenoxy) is 1. The number of hydrogen-bond donors (Lipinski definition) is 0. The van der Waals surface area contributed by atoms with Crippen LogP contribution in [0.1, 0.15) is 24.0 Å². The number of para-hydroxylation sites is 1. The molecule has 0 atom stereocenters. The number of hydrogen-bond acceptors (Lipinski definition) is 4. The summed E-state index contributed by atoms with van der Waals surface area (Å²) in [6, 6.07) is 16.6.